The minimum atomic E-state index is 0.0371. The number of aromatic nitrogens is 2. The predicted octanol–water partition coefficient (Wildman–Crippen LogP) is 2.42. The molecule has 1 amide bonds. The highest BCUT2D eigenvalue weighted by Gasteiger charge is 2.33. The first-order valence-corrected chi connectivity index (χ1v) is 8.32. The molecule has 1 saturated carbocycles. The van der Waals surface area contributed by atoms with E-state index >= 15 is 0 Å². The molecule has 2 aromatic rings. The summed E-state index contributed by atoms with van der Waals surface area (Å²) < 4.78 is 0. The molecule has 1 aliphatic carbocycles. The van der Waals surface area contributed by atoms with Crippen molar-refractivity contribution in [3.05, 3.63) is 53.3 Å². The lowest BCUT2D eigenvalue weighted by Crippen LogP contribution is -2.49. The maximum atomic E-state index is 13.0. The van der Waals surface area contributed by atoms with Gasteiger partial charge in [-0.3, -0.25) is 9.89 Å². The minimum Gasteiger partial charge on any atom is -0.328 e. The van der Waals surface area contributed by atoms with Crippen LogP contribution in [0.5, 0.6) is 0 Å². The number of hydrogen-bond acceptors (Lipinski definition) is 3. The predicted molar refractivity (Wildman–Crippen MR) is 88.3 cm³/mol. The van der Waals surface area contributed by atoms with Gasteiger partial charge in [-0.25, -0.2) is 0 Å². The number of hydrogen-bond donors (Lipinski definition) is 1. The number of nitrogens with one attached hydrogen (secondary N) is 1. The quantitative estimate of drug-likeness (QED) is 0.947. The van der Waals surface area contributed by atoms with Crippen LogP contribution in [0.25, 0.3) is 0 Å². The number of likely N-dealkylation sites (N-methyl/N-ethyl adjacent to an activating group) is 1. The summed E-state index contributed by atoms with van der Waals surface area (Å²) in [7, 11) is 2.11. The minimum absolute atomic E-state index is 0.0371. The molecule has 120 valence electrons. The largest absolute Gasteiger partial charge is 0.328 e. The molecule has 1 aliphatic heterocycles. The van der Waals surface area contributed by atoms with Crippen molar-refractivity contribution in [3.63, 3.8) is 0 Å². The fourth-order valence-electron chi connectivity index (χ4n) is 3.32. The molecule has 1 aromatic carbocycles. The van der Waals surface area contributed by atoms with Crippen LogP contribution in [0, 0.1) is 0 Å². The van der Waals surface area contributed by atoms with Gasteiger partial charge in [0, 0.05) is 31.2 Å². The molecule has 23 heavy (non-hydrogen) atoms. The molecule has 2 aliphatic rings. The summed E-state index contributed by atoms with van der Waals surface area (Å²) in [4.78, 5) is 17.2. The number of amides is 1. The lowest BCUT2D eigenvalue weighted by Gasteiger charge is -2.40. The van der Waals surface area contributed by atoms with Gasteiger partial charge >= 0.3 is 0 Å². The van der Waals surface area contributed by atoms with Crippen molar-refractivity contribution >= 4 is 5.91 Å². The third-order valence-corrected chi connectivity index (χ3v) is 4.86. The van der Waals surface area contributed by atoms with Gasteiger partial charge < -0.3 is 9.80 Å². The molecule has 2 heterocycles. The van der Waals surface area contributed by atoms with Crippen molar-refractivity contribution in [2.45, 2.75) is 24.8 Å². The molecule has 1 N–H and O–H groups in total. The number of carbonyl (C=O) groups is 1. The van der Waals surface area contributed by atoms with Crippen LogP contribution in [0.1, 0.15) is 46.5 Å². The molecule has 1 unspecified atom stereocenters. The number of benzene rings is 1. The van der Waals surface area contributed by atoms with Gasteiger partial charge in [-0.1, -0.05) is 30.3 Å². The lowest BCUT2D eigenvalue weighted by molar-refractivity contribution is 0.0492. The van der Waals surface area contributed by atoms with Crippen molar-refractivity contribution in [1.29, 1.82) is 0 Å². The first kappa shape index (κ1) is 14.5. The number of rotatable bonds is 3. The molecule has 1 aromatic heterocycles. The number of aromatic amines is 1. The molecular weight excluding hydrogens is 288 g/mol. The summed E-state index contributed by atoms with van der Waals surface area (Å²) in [5.74, 6) is 0.622. The van der Waals surface area contributed by atoms with E-state index in [1.165, 1.54) is 18.4 Å². The Morgan fingerprint density at radius 3 is 2.74 bits per heavy atom. The van der Waals surface area contributed by atoms with Gasteiger partial charge in [-0.2, -0.15) is 5.10 Å². The number of piperazine rings is 1. The topological polar surface area (TPSA) is 52.2 Å². The molecule has 5 heteroatoms. The van der Waals surface area contributed by atoms with E-state index in [9.17, 15) is 4.79 Å². The molecular formula is C18H22N4O. The summed E-state index contributed by atoms with van der Waals surface area (Å²) in [5.41, 5.74) is 2.85. The van der Waals surface area contributed by atoms with Crippen LogP contribution in [-0.4, -0.2) is 52.6 Å². The van der Waals surface area contributed by atoms with E-state index in [4.69, 9.17) is 0 Å². The monoisotopic (exact) mass is 310 g/mol. The van der Waals surface area contributed by atoms with E-state index in [1.54, 1.807) is 0 Å². The molecule has 5 nitrogen and oxygen atoms in total. The van der Waals surface area contributed by atoms with Crippen LogP contribution in [-0.2, 0) is 0 Å². The first-order chi connectivity index (χ1) is 11.2. The van der Waals surface area contributed by atoms with E-state index in [2.05, 4.69) is 34.3 Å². The van der Waals surface area contributed by atoms with Gasteiger partial charge in [-0.15, -0.1) is 0 Å². The second-order valence-corrected chi connectivity index (χ2v) is 6.67. The van der Waals surface area contributed by atoms with Crippen molar-refractivity contribution < 1.29 is 4.79 Å². The summed E-state index contributed by atoms with van der Waals surface area (Å²) >= 11 is 0. The second-order valence-electron chi connectivity index (χ2n) is 6.67. The van der Waals surface area contributed by atoms with Crippen LogP contribution in [0.4, 0.5) is 0 Å². The Labute approximate surface area is 136 Å². The number of carbonyl (C=O) groups excluding carboxylic acids is 1. The van der Waals surface area contributed by atoms with E-state index in [0.29, 0.717) is 11.6 Å². The van der Waals surface area contributed by atoms with Crippen LogP contribution in [0.15, 0.2) is 36.4 Å². The molecule has 1 saturated heterocycles. The summed E-state index contributed by atoms with van der Waals surface area (Å²) in [5, 5.41) is 7.31. The fourth-order valence-corrected chi connectivity index (χ4v) is 3.32. The average Bonchev–Trinajstić information content (AvgIpc) is 3.32. The lowest BCUT2D eigenvalue weighted by atomic mass is 10.0. The highest BCUT2D eigenvalue weighted by molar-refractivity contribution is 5.92. The number of H-pyrrole nitrogens is 1. The second kappa shape index (κ2) is 5.81. The van der Waals surface area contributed by atoms with Crippen LogP contribution < -0.4 is 0 Å². The molecule has 0 radical (unpaired) electrons. The Balaban J connectivity index is 1.60. The van der Waals surface area contributed by atoms with Gasteiger partial charge in [0.05, 0.1) is 6.04 Å². The van der Waals surface area contributed by atoms with Crippen molar-refractivity contribution in [2.75, 3.05) is 26.7 Å². The highest BCUT2D eigenvalue weighted by Crippen LogP contribution is 2.39. The Morgan fingerprint density at radius 2 is 2.00 bits per heavy atom. The van der Waals surface area contributed by atoms with E-state index in [-0.39, 0.29) is 11.9 Å². The molecule has 0 bridgehead atoms. The van der Waals surface area contributed by atoms with Crippen molar-refractivity contribution in [1.82, 2.24) is 20.0 Å². The van der Waals surface area contributed by atoms with Crippen molar-refractivity contribution in [3.8, 4) is 0 Å². The summed E-state index contributed by atoms with van der Waals surface area (Å²) in [6, 6.07) is 12.3. The van der Waals surface area contributed by atoms with E-state index in [1.807, 2.05) is 29.2 Å². The van der Waals surface area contributed by atoms with E-state index < -0.39 is 0 Å². The Bertz CT molecular complexity index is 692. The molecule has 4 rings (SSSR count). The molecule has 2 fully saturated rings. The zero-order valence-electron chi connectivity index (χ0n) is 13.4. The average molecular weight is 310 g/mol. The van der Waals surface area contributed by atoms with Crippen LogP contribution in [0.2, 0.25) is 0 Å². The van der Waals surface area contributed by atoms with Crippen LogP contribution in [0.3, 0.4) is 0 Å². The molecule has 1 atom stereocenters. The Hall–Kier alpha value is -2.14. The first-order valence-electron chi connectivity index (χ1n) is 8.32. The SMILES string of the molecule is CN1CCN(C(=O)c2cc(C3CC3)[nH]n2)C(c2ccccc2)C1. The fraction of sp³-hybridized carbons (Fsp3) is 0.444. The summed E-state index contributed by atoms with van der Waals surface area (Å²) in [6.45, 7) is 2.49. The Kier molecular flexibility index (Phi) is 3.65. The maximum Gasteiger partial charge on any atom is 0.274 e. The smallest absolute Gasteiger partial charge is 0.274 e. The normalized spacial score (nSPS) is 22.3. The molecule has 0 spiro atoms. The highest BCUT2D eigenvalue weighted by atomic mass is 16.2. The standard InChI is InChI=1S/C18H22N4O/c1-21-9-10-22(17(12-21)14-5-3-2-4-6-14)18(23)16-11-15(19-20-16)13-7-8-13/h2-6,11,13,17H,7-10,12H2,1H3,(H,19,20). The van der Waals surface area contributed by atoms with Gasteiger partial charge in [0.25, 0.3) is 5.91 Å². The number of nitrogens with zero attached hydrogens (tertiary/aromatic N) is 3. The Morgan fingerprint density at radius 1 is 1.22 bits per heavy atom. The zero-order valence-corrected chi connectivity index (χ0v) is 13.4. The van der Waals surface area contributed by atoms with Gasteiger partial charge in [-0.05, 0) is 31.5 Å². The third-order valence-electron chi connectivity index (χ3n) is 4.86. The van der Waals surface area contributed by atoms with Crippen molar-refractivity contribution in [2.24, 2.45) is 0 Å². The summed E-state index contributed by atoms with van der Waals surface area (Å²) in [6.07, 6.45) is 2.41. The van der Waals surface area contributed by atoms with Crippen LogP contribution >= 0.6 is 0 Å². The third kappa shape index (κ3) is 2.88. The van der Waals surface area contributed by atoms with Gasteiger partial charge in [0.1, 0.15) is 5.69 Å². The van der Waals surface area contributed by atoms with Gasteiger partial charge in [0.2, 0.25) is 0 Å². The maximum absolute atomic E-state index is 13.0. The van der Waals surface area contributed by atoms with E-state index in [0.717, 1.165) is 25.3 Å². The van der Waals surface area contributed by atoms with Gasteiger partial charge in [0.15, 0.2) is 0 Å². The zero-order chi connectivity index (χ0) is 15.8.